The van der Waals surface area contributed by atoms with Crippen molar-refractivity contribution >= 4 is 23.0 Å². The summed E-state index contributed by atoms with van der Waals surface area (Å²) in [6.07, 6.45) is 3.27. The van der Waals surface area contributed by atoms with E-state index in [9.17, 15) is 4.79 Å². The number of para-hydroxylation sites is 2. The van der Waals surface area contributed by atoms with E-state index in [0.717, 1.165) is 28.0 Å². The van der Waals surface area contributed by atoms with Gasteiger partial charge in [0, 0.05) is 17.0 Å². The van der Waals surface area contributed by atoms with Crippen molar-refractivity contribution in [2.24, 2.45) is 0 Å². The zero-order chi connectivity index (χ0) is 17.6. The third-order valence-electron chi connectivity index (χ3n) is 3.86. The molecule has 25 heavy (non-hydrogen) atoms. The summed E-state index contributed by atoms with van der Waals surface area (Å²) in [5, 5.41) is 3.95. The van der Waals surface area contributed by atoms with Gasteiger partial charge < -0.3 is 14.5 Å². The summed E-state index contributed by atoms with van der Waals surface area (Å²) in [6, 6.07) is 17.2. The van der Waals surface area contributed by atoms with Gasteiger partial charge >= 0.3 is 0 Å². The summed E-state index contributed by atoms with van der Waals surface area (Å²) >= 11 is 0. The van der Waals surface area contributed by atoms with Crippen LogP contribution in [0.4, 0.5) is 0 Å². The monoisotopic (exact) mass is 335 g/mol. The van der Waals surface area contributed by atoms with Gasteiger partial charge in [-0.2, -0.15) is 0 Å². The summed E-state index contributed by atoms with van der Waals surface area (Å²) in [4.78, 5) is 12.2. The average molecular weight is 335 g/mol. The average Bonchev–Trinajstić information content (AvgIpc) is 3.05. The molecule has 0 unspecified atom stereocenters. The number of carbonyl (C=O) groups excluding carboxylic acids is 1. The molecule has 1 aromatic heterocycles. The SMILES string of the molecule is CCOc1ccccc1/C=C/C(=O)N[C@H](C)c1cc2ccccc2o1. The molecule has 0 radical (unpaired) electrons. The number of carbonyl (C=O) groups is 1. The molecular weight excluding hydrogens is 314 g/mol. The Labute approximate surface area is 147 Å². The van der Waals surface area contributed by atoms with Crippen molar-refractivity contribution in [3.05, 3.63) is 72.0 Å². The summed E-state index contributed by atoms with van der Waals surface area (Å²) < 4.78 is 11.3. The molecular formula is C21H21NO3. The Balaban J connectivity index is 1.67. The number of rotatable bonds is 6. The number of nitrogens with one attached hydrogen (secondary N) is 1. The van der Waals surface area contributed by atoms with Gasteiger partial charge in [-0.1, -0.05) is 36.4 Å². The van der Waals surface area contributed by atoms with Gasteiger partial charge in [-0.3, -0.25) is 4.79 Å². The fourth-order valence-corrected chi connectivity index (χ4v) is 2.62. The van der Waals surface area contributed by atoms with Gasteiger partial charge in [0.15, 0.2) is 0 Å². The lowest BCUT2D eigenvalue weighted by atomic mass is 10.2. The summed E-state index contributed by atoms with van der Waals surface area (Å²) in [5.74, 6) is 1.32. The van der Waals surface area contributed by atoms with E-state index < -0.39 is 0 Å². The van der Waals surface area contributed by atoms with Gasteiger partial charge in [0.2, 0.25) is 5.91 Å². The second-order valence-corrected chi connectivity index (χ2v) is 5.72. The van der Waals surface area contributed by atoms with Crippen LogP contribution >= 0.6 is 0 Å². The van der Waals surface area contributed by atoms with Crippen LogP contribution in [0.15, 0.2) is 65.1 Å². The van der Waals surface area contributed by atoms with Gasteiger partial charge in [0.1, 0.15) is 17.1 Å². The minimum absolute atomic E-state index is 0.181. The molecule has 0 bridgehead atoms. The number of hydrogen-bond donors (Lipinski definition) is 1. The fraction of sp³-hybridized carbons (Fsp3) is 0.190. The highest BCUT2D eigenvalue weighted by Crippen LogP contribution is 2.23. The van der Waals surface area contributed by atoms with Gasteiger partial charge in [-0.15, -0.1) is 0 Å². The van der Waals surface area contributed by atoms with E-state index in [4.69, 9.17) is 9.15 Å². The first-order valence-electron chi connectivity index (χ1n) is 8.36. The van der Waals surface area contributed by atoms with Crippen LogP contribution in [0.3, 0.4) is 0 Å². The lowest BCUT2D eigenvalue weighted by Crippen LogP contribution is -2.24. The van der Waals surface area contributed by atoms with Gasteiger partial charge in [-0.05, 0) is 38.1 Å². The van der Waals surface area contributed by atoms with E-state index in [2.05, 4.69) is 5.32 Å². The van der Waals surface area contributed by atoms with Crippen LogP contribution in [0, 0.1) is 0 Å². The molecule has 0 aliphatic carbocycles. The Hall–Kier alpha value is -3.01. The van der Waals surface area contributed by atoms with Crippen molar-refractivity contribution < 1.29 is 13.9 Å². The van der Waals surface area contributed by atoms with Crippen LogP contribution in [0.5, 0.6) is 5.75 Å². The van der Waals surface area contributed by atoms with Crippen molar-refractivity contribution in [2.45, 2.75) is 19.9 Å². The van der Waals surface area contributed by atoms with Crippen LogP contribution in [-0.2, 0) is 4.79 Å². The zero-order valence-corrected chi connectivity index (χ0v) is 14.4. The molecule has 0 saturated heterocycles. The Kier molecular flexibility index (Phi) is 5.19. The molecule has 1 N–H and O–H groups in total. The molecule has 128 valence electrons. The lowest BCUT2D eigenvalue weighted by molar-refractivity contribution is -0.117. The van der Waals surface area contributed by atoms with Gasteiger partial charge in [0.25, 0.3) is 0 Å². The third-order valence-corrected chi connectivity index (χ3v) is 3.86. The van der Waals surface area contributed by atoms with E-state index in [1.807, 2.05) is 68.4 Å². The summed E-state index contributed by atoms with van der Waals surface area (Å²) in [5.41, 5.74) is 1.69. The molecule has 3 aromatic rings. The maximum absolute atomic E-state index is 12.2. The first-order chi connectivity index (χ1) is 12.2. The molecule has 0 saturated carbocycles. The van der Waals surface area contributed by atoms with E-state index >= 15 is 0 Å². The zero-order valence-electron chi connectivity index (χ0n) is 14.4. The van der Waals surface area contributed by atoms with Crippen LogP contribution in [0.25, 0.3) is 17.0 Å². The predicted molar refractivity (Wildman–Crippen MR) is 99.4 cm³/mol. The fourth-order valence-electron chi connectivity index (χ4n) is 2.62. The number of benzene rings is 2. The Morgan fingerprint density at radius 3 is 2.76 bits per heavy atom. The number of ether oxygens (including phenoxy) is 1. The molecule has 2 aromatic carbocycles. The number of hydrogen-bond acceptors (Lipinski definition) is 3. The molecule has 0 fully saturated rings. The van der Waals surface area contributed by atoms with Crippen molar-refractivity contribution in [3.63, 3.8) is 0 Å². The van der Waals surface area contributed by atoms with Crippen LogP contribution in [-0.4, -0.2) is 12.5 Å². The lowest BCUT2D eigenvalue weighted by Gasteiger charge is -2.09. The molecule has 0 aliphatic heterocycles. The molecule has 4 nitrogen and oxygen atoms in total. The van der Waals surface area contributed by atoms with Crippen molar-refractivity contribution in [1.82, 2.24) is 5.32 Å². The maximum atomic E-state index is 12.2. The van der Waals surface area contributed by atoms with Crippen molar-refractivity contribution in [1.29, 1.82) is 0 Å². The second-order valence-electron chi connectivity index (χ2n) is 5.72. The smallest absolute Gasteiger partial charge is 0.244 e. The predicted octanol–water partition coefficient (Wildman–Crippen LogP) is 4.72. The molecule has 1 heterocycles. The van der Waals surface area contributed by atoms with E-state index in [1.165, 1.54) is 6.08 Å². The largest absolute Gasteiger partial charge is 0.493 e. The highest BCUT2D eigenvalue weighted by Gasteiger charge is 2.12. The molecule has 0 aliphatic rings. The van der Waals surface area contributed by atoms with E-state index in [1.54, 1.807) is 6.08 Å². The third kappa shape index (κ3) is 4.10. The quantitative estimate of drug-likeness (QED) is 0.663. The molecule has 1 amide bonds. The molecule has 3 rings (SSSR count). The number of amides is 1. The Morgan fingerprint density at radius 1 is 1.20 bits per heavy atom. The minimum atomic E-state index is -0.216. The highest BCUT2D eigenvalue weighted by atomic mass is 16.5. The van der Waals surface area contributed by atoms with Gasteiger partial charge in [0.05, 0.1) is 12.6 Å². The topological polar surface area (TPSA) is 51.5 Å². The summed E-state index contributed by atoms with van der Waals surface area (Å²) in [7, 11) is 0. The molecule has 1 atom stereocenters. The molecule has 4 heteroatoms. The Bertz CT molecular complexity index is 862. The Morgan fingerprint density at radius 2 is 1.96 bits per heavy atom. The van der Waals surface area contributed by atoms with Crippen molar-refractivity contribution in [3.8, 4) is 5.75 Å². The van der Waals surface area contributed by atoms with Crippen LogP contribution in [0.1, 0.15) is 31.2 Å². The standard InChI is InChI=1S/C21H21NO3/c1-3-24-18-10-6-4-8-16(18)12-13-21(23)22-15(2)20-14-17-9-5-7-11-19(17)25-20/h4-15H,3H2,1-2H3,(H,22,23)/b13-12+/t15-/m1/s1. The van der Waals surface area contributed by atoms with E-state index in [0.29, 0.717) is 6.61 Å². The number of furan rings is 1. The molecule has 0 spiro atoms. The van der Waals surface area contributed by atoms with Gasteiger partial charge in [-0.25, -0.2) is 0 Å². The van der Waals surface area contributed by atoms with Crippen molar-refractivity contribution in [2.75, 3.05) is 6.61 Å². The first-order valence-corrected chi connectivity index (χ1v) is 8.36. The summed E-state index contributed by atoms with van der Waals surface area (Å²) in [6.45, 7) is 4.42. The van der Waals surface area contributed by atoms with Crippen LogP contribution < -0.4 is 10.1 Å². The highest BCUT2D eigenvalue weighted by molar-refractivity contribution is 5.92. The first kappa shape index (κ1) is 16.8. The number of fused-ring (bicyclic) bond motifs is 1. The minimum Gasteiger partial charge on any atom is -0.493 e. The normalized spacial score (nSPS) is 12.4. The maximum Gasteiger partial charge on any atom is 0.244 e. The second kappa shape index (κ2) is 7.71. The van der Waals surface area contributed by atoms with Crippen LogP contribution in [0.2, 0.25) is 0 Å². The van der Waals surface area contributed by atoms with E-state index in [-0.39, 0.29) is 11.9 Å².